The van der Waals surface area contributed by atoms with E-state index in [1.165, 1.54) is 0 Å². The van der Waals surface area contributed by atoms with Gasteiger partial charge in [0.2, 0.25) is 0 Å². The molecule has 0 radical (unpaired) electrons. The Bertz CT molecular complexity index is 499. The van der Waals surface area contributed by atoms with Crippen LogP contribution in [0.25, 0.3) is 0 Å². The first-order valence-electron chi connectivity index (χ1n) is 6.36. The van der Waals surface area contributed by atoms with Crippen molar-refractivity contribution in [3.63, 3.8) is 0 Å². The van der Waals surface area contributed by atoms with Crippen LogP contribution in [0.1, 0.15) is 12.0 Å². The van der Waals surface area contributed by atoms with E-state index in [1.54, 1.807) is 12.5 Å². The van der Waals surface area contributed by atoms with E-state index in [-0.39, 0.29) is 0 Å². The van der Waals surface area contributed by atoms with Crippen molar-refractivity contribution < 1.29 is 4.74 Å². The van der Waals surface area contributed by atoms with Gasteiger partial charge in [0.05, 0.1) is 18.0 Å². The maximum atomic E-state index is 6.16. The first kappa shape index (κ1) is 13.9. The van der Waals surface area contributed by atoms with Crippen LogP contribution < -0.4 is 10.5 Å². The molecule has 0 aliphatic carbocycles. The largest absolute Gasteiger partial charge is 0.492 e. The number of aryl methyl sites for hydroxylation is 1. The van der Waals surface area contributed by atoms with Crippen LogP contribution in [0.2, 0.25) is 5.02 Å². The SMILES string of the molecule is NCCc1ccc(OCCCn2ccnc2)c(Cl)c1. The number of nitrogens with two attached hydrogens (primary N) is 1. The zero-order chi connectivity index (χ0) is 13.5. The molecule has 2 rings (SSSR count). The highest BCUT2D eigenvalue weighted by Crippen LogP contribution is 2.25. The molecule has 0 aliphatic heterocycles. The first-order chi connectivity index (χ1) is 9.29. The van der Waals surface area contributed by atoms with Crippen molar-refractivity contribution in [2.75, 3.05) is 13.2 Å². The maximum Gasteiger partial charge on any atom is 0.137 e. The van der Waals surface area contributed by atoms with Gasteiger partial charge < -0.3 is 15.0 Å². The molecule has 0 aliphatic rings. The Morgan fingerprint density at radius 1 is 1.37 bits per heavy atom. The second-order valence-electron chi connectivity index (χ2n) is 4.31. The monoisotopic (exact) mass is 279 g/mol. The highest BCUT2D eigenvalue weighted by molar-refractivity contribution is 6.32. The Morgan fingerprint density at radius 2 is 2.26 bits per heavy atom. The third kappa shape index (κ3) is 4.26. The minimum absolute atomic E-state index is 0.626. The van der Waals surface area contributed by atoms with Crippen molar-refractivity contribution in [2.45, 2.75) is 19.4 Å². The van der Waals surface area contributed by atoms with Crippen LogP contribution in [0.15, 0.2) is 36.9 Å². The highest BCUT2D eigenvalue weighted by Gasteiger charge is 2.03. The number of imidazole rings is 1. The summed E-state index contributed by atoms with van der Waals surface area (Å²) < 4.78 is 7.69. The molecule has 4 nitrogen and oxygen atoms in total. The first-order valence-corrected chi connectivity index (χ1v) is 6.74. The third-order valence-corrected chi connectivity index (χ3v) is 3.10. The number of benzene rings is 1. The van der Waals surface area contributed by atoms with E-state index in [2.05, 4.69) is 4.98 Å². The molecule has 0 spiro atoms. The summed E-state index contributed by atoms with van der Waals surface area (Å²) in [6.45, 7) is 2.15. The Balaban J connectivity index is 1.79. The van der Waals surface area contributed by atoms with Crippen molar-refractivity contribution in [3.8, 4) is 5.75 Å². The molecular weight excluding hydrogens is 262 g/mol. The second kappa shape index (κ2) is 7.16. The van der Waals surface area contributed by atoms with Crippen molar-refractivity contribution >= 4 is 11.6 Å². The summed E-state index contributed by atoms with van der Waals surface area (Å²) in [4.78, 5) is 3.99. The molecule has 1 aromatic carbocycles. The van der Waals surface area contributed by atoms with Gasteiger partial charge in [-0.1, -0.05) is 17.7 Å². The molecule has 0 bridgehead atoms. The molecule has 0 saturated carbocycles. The fourth-order valence-electron chi connectivity index (χ4n) is 1.83. The molecule has 2 N–H and O–H groups in total. The average Bonchev–Trinajstić information content (AvgIpc) is 2.90. The summed E-state index contributed by atoms with van der Waals surface area (Å²) in [6, 6.07) is 5.83. The van der Waals surface area contributed by atoms with Crippen molar-refractivity contribution in [2.24, 2.45) is 5.73 Å². The molecule has 19 heavy (non-hydrogen) atoms. The average molecular weight is 280 g/mol. The Labute approximate surface area is 118 Å². The Morgan fingerprint density at radius 3 is 2.95 bits per heavy atom. The van der Waals surface area contributed by atoms with Crippen LogP contribution in [-0.4, -0.2) is 22.7 Å². The minimum Gasteiger partial charge on any atom is -0.492 e. The molecule has 0 fully saturated rings. The van der Waals surface area contributed by atoms with Crippen LogP contribution >= 0.6 is 11.6 Å². The third-order valence-electron chi connectivity index (χ3n) is 2.81. The molecule has 1 aromatic heterocycles. The molecule has 0 amide bonds. The van der Waals surface area contributed by atoms with Gasteiger partial charge >= 0.3 is 0 Å². The van der Waals surface area contributed by atoms with Crippen LogP contribution in [-0.2, 0) is 13.0 Å². The topological polar surface area (TPSA) is 53.1 Å². The quantitative estimate of drug-likeness (QED) is 0.793. The summed E-state index contributed by atoms with van der Waals surface area (Å²) in [7, 11) is 0. The van der Waals surface area contributed by atoms with Gasteiger partial charge in [-0.25, -0.2) is 4.98 Å². The van der Waals surface area contributed by atoms with Crippen molar-refractivity contribution in [1.82, 2.24) is 9.55 Å². The van der Waals surface area contributed by atoms with E-state index >= 15 is 0 Å². The fourth-order valence-corrected chi connectivity index (χ4v) is 2.09. The lowest BCUT2D eigenvalue weighted by Gasteiger charge is -2.09. The van der Waals surface area contributed by atoms with Gasteiger partial charge in [0.15, 0.2) is 0 Å². The summed E-state index contributed by atoms with van der Waals surface area (Å²) >= 11 is 6.16. The van der Waals surface area contributed by atoms with Gasteiger partial charge in [-0.05, 0) is 37.1 Å². The van der Waals surface area contributed by atoms with E-state index in [0.717, 1.165) is 30.7 Å². The predicted octanol–water partition coefficient (Wildman–Crippen LogP) is 2.51. The van der Waals surface area contributed by atoms with Crippen LogP contribution in [0.5, 0.6) is 5.75 Å². The van der Waals surface area contributed by atoms with Crippen LogP contribution in [0, 0.1) is 0 Å². The van der Waals surface area contributed by atoms with Gasteiger partial charge in [-0.2, -0.15) is 0 Å². The molecular formula is C14H18ClN3O. The van der Waals surface area contributed by atoms with E-state index in [9.17, 15) is 0 Å². The predicted molar refractivity (Wildman–Crippen MR) is 76.5 cm³/mol. The maximum absolute atomic E-state index is 6.16. The number of hydrogen-bond acceptors (Lipinski definition) is 3. The lowest BCUT2D eigenvalue weighted by molar-refractivity contribution is 0.302. The summed E-state index contributed by atoms with van der Waals surface area (Å²) in [6.07, 6.45) is 7.26. The Kier molecular flexibility index (Phi) is 5.24. The zero-order valence-electron chi connectivity index (χ0n) is 10.8. The number of nitrogens with zero attached hydrogens (tertiary/aromatic N) is 2. The summed E-state index contributed by atoms with van der Waals surface area (Å²) in [5, 5.41) is 0.647. The molecule has 102 valence electrons. The lowest BCUT2D eigenvalue weighted by Crippen LogP contribution is -2.04. The number of aromatic nitrogens is 2. The Hall–Kier alpha value is -1.52. The molecule has 1 heterocycles. The number of ether oxygens (including phenoxy) is 1. The summed E-state index contributed by atoms with van der Waals surface area (Å²) in [5.74, 6) is 0.730. The fraction of sp³-hybridized carbons (Fsp3) is 0.357. The molecule has 0 atom stereocenters. The van der Waals surface area contributed by atoms with Gasteiger partial charge in [0.25, 0.3) is 0 Å². The van der Waals surface area contributed by atoms with E-state index in [4.69, 9.17) is 22.1 Å². The van der Waals surface area contributed by atoms with Crippen molar-refractivity contribution in [1.29, 1.82) is 0 Å². The number of rotatable bonds is 7. The molecule has 5 heteroatoms. The molecule has 2 aromatic rings. The van der Waals surface area contributed by atoms with Gasteiger partial charge in [0.1, 0.15) is 5.75 Å². The second-order valence-corrected chi connectivity index (χ2v) is 4.71. The number of halogens is 1. The van der Waals surface area contributed by atoms with Crippen LogP contribution in [0.3, 0.4) is 0 Å². The minimum atomic E-state index is 0.626. The smallest absolute Gasteiger partial charge is 0.137 e. The van der Waals surface area contributed by atoms with Crippen LogP contribution in [0.4, 0.5) is 0 Å². The van der Waals surface area contributed by atoms with E-state index < -0.39 is 0 Å². The van der Waals surface area contributed by atoms with E-state index in [0.29, 0.717) is 18.2 Å². The van der Waals surface area contributed by atoms with E-state index in [1.807, 2.05) is 29.0 Å². The van der Waals surface area contributed by atoms with Gasteiger partial charge in [-0.3, -0.25) is 0 Å². The normalized spacial score (nSPS) is 10.6. The molecule has 0 unspecified atom stereocenters. The standard InChI is InChI=1S/C14H18ClN3O/c15-13-10-12(4-5-16)2-3-14(13)19-9-1-7-18-8-6-17-11-18/h2-3,6,8,10-11H,1,4-5,7,9,16H2. The number of hydrogen-bond donors (Lipinski definition) is 1. The summed E-state index contributed by atoms with van der Waals surface area (Å²) in [5.41, 5.74) is 6.65. The zero-order valence-corrected chi connectivity index (χ0v) is 11.5. The van der Waals surface area contributed by atoms with Crippen molar-refractivity contribution in [3.05, 3.63) is 47.5 Å². The molecule has 0 saturated heterocycles. The highest BCUT2D eigenvalue weighted by atomic mass is 35.5. The lowest BCUT2D eigenvalue weighted by atomic mass is 10.1. The van der Waals surface area contributed by atoms with Gasteiger partial charge in [-0.15, -0.1) is 0 Å². The van der Waals surface area contributed by atoms with Gasteiger partial charge in [0, 0.05) is 18.9 Å².